The third-order valence-electron chi connectivity index (χ3n) is 5.63. The lowest BCUT2D eigenvalue weighted by atomic mass is 9.72. The molecule has 5 N–H and O–H groups in total. The molecule has 0 spiro atoms. The van der Waals surface area contributed by atoms with E-state index in [4.69, 9.17) is 16.6 Å². The van der Waals surface area contributed by atoms with E-state index in [2.05, 4.69) is 58.1 Å². The van der Waals surface area contributed by atoms with Crippen LogP contribution in [0.3, 0.4) is 0 Å². The molecule has 0 saturated heterocycles. The van der Waals surface area contributed by atoms with Gasteiger partial charge in [0, 0.05) is 5.70 Å². The molecule has 0 amide bonds. The van der Waals surface area contributed by atoms with Crippen molar-refractivity contribution in [2.45, 2.75) is 79.2 Å². The third kappa shape index (κ3) is 9.45. The molecule has 166 valence electrons. The maximum absolute atomic E-state index is 10.7. The van der Waals surface area contributed by atoms with Gasteiger partial charge in [0.25, 0.3) is 0 Å². The largest absolute Gasteiger partial charge is 0.480 e. The van der Waals surface area contributed by atoms with Gasteiger partial charge >= 0.3 is 5.97 Å². The predicted molar refractivity (Wildman–Crippen MR) is 128 cm³/mol. The number of rotatable bonds is 10. The first kappa shape index (κ1) is 25.7. The van der Waals surface area contributed by atoms with Crippen LogP contribution in [0.4, 0.5) is 0 Å². The Morgan fingerprint density at radius 3 is 2.47 bits per heavy atom. The summed E-state index contributed by atoms with van der Waals surface area (Å²) >= 11 is 0. The van der Waals surface area contributed by atoms with Gasteiger partial charge < -0.3 is 16.6 Å². The molecule has 4 nitrogen and oxygen atoms in total. The summed E-state index contributed by atoms with van der Waals surface area (Å²) < 4.78 is 0. The number of aliphatic carboxylic acids is 1. The summed E-state index contributed by atoms with van der Waals surface area (Å²) in [5.74, 6) is -0.967. The molecule has 1 aliphatic rings. The molecule has 0 aromatic rings. The molecule has 0 aromatic heterocycles. The Bertz CT molecular complexity index is 777. The summed E-state index contributed by atoms with van der Waals surface area (Å²) in [4.78, 5) is 10.7. The molecular weight excluding hydrogens is 372 g/mol. The molecule has 0 heterocycles. The first-order valence-corrected chi connectivity index (χ1v) is 10.9. The minimum absolute atomic E-state index is 0.263. The quantitative estimate of drug-likeness (QED) is 0.387. The fourth-order valence-electron chi connectivity index (χ4n) is 3.66. The lowest BCUT2D eigenvalue weighted by Gasteiger charge is -2.32. The Morgan fingerprint density at radius 1 is 1.17 bits per heavy atom. The molecule has 1 atom stereocenters. The maximum atomic E-state index is 10.7. The fraction of sp³-hybridized carbons (Fsp3) is 0.500. The monoisotopic (exact) mass is 412 g/mol. The Labute approximate surface area is 182 Å². The number of hydrogen-bond donors (Lipinski definition) is 3. The van der Waals surface area contributed by atoms with E-state index in [0.717, 1.165) is 11.3 Å². The lowest BCUT2D eigenvalue weighted by Crippen LogP contribution is -2.29. The highest BCUT2D eigenvalue weighted by Gasteiger charge is 2.26. The van der Waals surface area contributed by atoms with Crippen LogP contribution in [0, 0.1) is 5.41 Å². The normalized spacial score (nSPS) is 19.7. The minimum atomic E-state index is -0.967. The van der Waals surface area contributed by atoms with Crippen molar-refractivity contribution < 1.29 is 9.90 Å². The second-order valence-electron chi connectivity index (χ2n) is 9.02. The second kappa shape index (κ2) is 12.4. The molecule has 0 aromatic carbocycles. The van der Waals surface area contributed by atoms with Gasteiger partial charge in [-0.15, -0.1) is 0 Å². The summed E-state index contributed by atoms with van der Waals surface area (Å²) in [5, 5.41) is 8.78. The molecule has 0 saturated carbocycles. The van der Waals surface area contributed by atoms with Gasteiger partial charge in [-0.05, 0) is 76.4 Å². The number of carboxylic acids is 1. The maximum Gasteiger partial charge on any atom is 0.320 e. The van der Waals surface area contributed by atoms with E-state index in [1.165, 1.54) is 36.0 Å². The van der Waals surface area contributed by atoms with E-state index in [9.17, 15) is 4.79 Å². The van der Waals surface area contributed by atoms with Gasteiger partial charge in [0.2, 0.25) is 0 Å². The van der Waals surface area contributed by atoms with Gasteiger partial charge in [0.1, 0.15) is 6.04 Å². The first-order valence-electron chi connectivity index (χ1n) is 10.9. The van der Waals surface area contributed by atoms with E-state index in [1.807, 2.05) is 19.1 Å². The highest BCUT2D eigenvalue weighted by Crippen LogP contribution is 2.40. The van der Waals surface area contributed by atoms with Gasteiger partial charge in [0.15, 0.2) is 0 Å². The SMILES string of the molecule is CC(C=CC1=C(C)CCCC1(C)C)=CC=CC(C)=CC=C(N)CCC[C@H](N)C(=O)O. The van der Waals surface area contributed by atoms with Crippen molar-refractivity contribution in [3.05, 3.63) is 70.5 Å². The van der Waals surface area contributed by atoms with Crippen LogP contribution in [-0.2, 0) is 4.79 Å². The zero-order valence-corrected chi connectivity index (χ0v) is 19.4. The van der Waals surface area contributed by atoms with Crippen LogP contribution in [0.25, 0.3) is 0 Å². The standard InChI is InChI=1S/C26H40N2O2/c1-19(14-16-22(27)12-7-13-24(28)25(29)30)9-6-10-20(2)15-17-23-21(3)11-8-18-26(23,4)5/h6,9-10,14-17,24H,7-8,11-13,18,27-28H2,1-5H3,(H,29,30)/t24-/m0/s1. The van der Waals surface area contributed by atoms with E-state index >= 15 is 0 Å². The highest BCUT2D eigenvalue weighted by molar-refractivity contribution is 5.72. The molecular formula is C26H40N2O2. The van der Waals surface area contributed by atoms with Crippen molar-refractivity contribution >= 4 is 5.97 Å². The van der Waals surface area contributed by atoms with E-state index in [-0.39, 0.29) is 5.41 Å². The van der Waals surface area contributed by atoms with E-state index in [0.29, 0.717) is 19.3 Å². The lowest BCUT2D eigenvalue weighted by molar-refractivity contribution is -0.138. The molecule has 0 unspecified atom stereocenters. The van der Waals surface area contributed by atoms with Crippen LogP contribution in [0.15, 0.2) is 70.5 Å². The number of hydrogen-bond acceptors (Lipinski definition) is 3. The van der Waals surface area contributed by atoms with Crippen molar-refractivity contribution in [2.24, 2.45) is 16.9 Å². The summed E-state index contributed by atoms with van der Waals surface area (Å²) in [5.41, 5.74) is 17.8. The number of nitrogens with two attached hydrogens (primary N) is 2. The predicted octanol–water partition coefficient (Wildman–Crippen LogP) is 5.94. The highest BCUT2D eigenvalue weighted by atomic mass is 16.4. The zero-order chi connectivity index (χ0) is 22.7. The van der Waals surface area contributed by atoms with Crippen LogP contribution < -0.4 is 11.5 Å². The van der Waals surface area contributed by atoms with Crippen molar-refractivity contribution in [3.63, 3.8) is 0 Å². The average Bonchev–Trinajstić information content (AvgIpc) is 2.65. The van der Waals surface area contributed by atoms with Gasteiger partial charge in [-0.2, -0.15) is 0 Å². The smallest absolute Gasteiger partial charge is 0.320 e. The zero-order valence-electron chi connectivity index (χ0n) is 19.4. The number of allylic oxidation sites excluding steroid dienone is 12. The molecule has 0 fully saturated rings. The average molecular weight is 413 g/mol. The summed E-state index contributed by atoms with van der Waals surface area (Å²) in [6, 6.07) is -0.813. The number of carbonyl (C=O) groups is 1. The van der Waals surface area contributed by atoms with Gasteiger partial charge in [0.05, 0.1) is 0 Å². The Hall–Kier alpha value is -2.33. The van der Waals surface area contributed by atoms with E-state index < -0.39 is 12.0 Å². The van der Waals surface area contributed by atoms with Crippen LogP contribution in [-0.4, -0.2) is 17.1 Å². The van der Waals surface area contributed by atoms with Crippen LogP contribution in [0.5, 0.6) is 0 Å². The van der Waals surface area contributed by atoms with Crippen molar-refractivity contribution in [2.75, 3.05) is 0 Å². The molecule has 0 bridgehead atoms. The van der Waals surface area contributed by atoms with Crippen LogP contribution >= 0.6 is 0 Å². The van der Waals surface area contributed by atoms with E-state index in [1.54, 1.807) is 0 Å². The van der Waals surface area contributed by atoms with Gasteiger partial charge in [-0.3, -0.25) is 4.79 Å². The topological polar surface area (TPSA) is 89.3 Å². The molecule has 4 heteroatoms. The Balaban J connectivity index is 2.60. The van der Waals surface area contributed by atoms with Crippen LogP contribution in [0.2, 0.25) is 0 Å². The van der Waals surface area contributed by atoms with Gasteiger partial charge in [-0.25, -0.2) is 0 Å². The molecule has 0 radical (unpaired) electrons. The van der Waals surface area contributed by atoms with Crippen molar-refractivity contribution in [1.29, 1.82) is 0 Å². The minimum Gasteiger partial charge on any atom is -0.480 e. The molecule has 1 aliphatic carbocycles. The summed E-state index contributed by atoms with van der Waals surface area (Å²) in [7, 11) is 0. The summed E-state index contributed by atoms with van der Waals surface area (Å²) in [6.45, 7) is 11.1. The molecule has 30 heavy (non-hydrogen) atoms. The summed E-state index contributed by atoms with van der Waals surface area (Å²) in [6.07, 6.45) is 20.0. The van der Waals surface area contributed by atoms with Crippen molar-refractivity contribution in [1.82, 2.24) is 0 Å². The van der Waals surface area contributed by atoms with Gasteiger partial charge in [-0.1, -0.05) is 67.0 Å². The number of carboxylic acid groups (broad SMARTS) is 1. The Morgan fingerprint density at radius 2 is 1.83 bits per heavy atom. The first-order chi connectivity index (χ1) is 14.0. The Kier molecular flexibility index (Phi) is 10.6. The fourth-order valence-corrected chi connectivity index (χ4v) is 3.66. The van der Waals surface area contributed by atoms with Crippen molar-refractivity contribution in [3.8, 4) is 0 Å². The third-order valence-corrected chi connectivity index (χ3v) is 5.63. The molecule has 0 aliphatic heterocycles. The van der Waals surface area contributed by atoms with Crippen LogP contribution in [0.1, 0.15) is 73.1 Å². The second-order valence-corrected chi connectivity index (χ2v) is 9.02. The molecule has 1 rings (SSSR count).